The fourth-order valence-corrected chi connectivity index (χ4v) is 3.69. The van der Waals surface area contributed by atoms with Crippen molar-refractivity contribution in [1.82, 2.24) is 5.32 Å². The summed E-state index contributed by atoms with van der Waals surface area (Å²) in [5.74, 6) is 0. The highest BCUT2D eigenvalue weighted by Gasteiger charge is 2.41. The Morgan fingerprint density at radius 1 is 1.20 bits per heavy atom. The first-order chi connectivity index (χ1) is 9.73. The van der Waals surface area contributed by atoms with E-state index in [-0.39, 0.29) is 11.6 Å². The molecule has 1 fully saturated rings. The molecule has 2 rings (SSSR count). The van der Waals surface area contributed by atoms with Gasteiger partial charge >= 0.3 is 0 Å². The van der Waals surface area contributed by atoms with Crippen LogP contribution in [-0.2, 0) is 4.74 Å². The van der Waals surface area contributed by atoms with Gasteiger partial charge in [0.05, 0.1) is 11.6 Å². The fourth-order valence-electron chi connectivity index (χ4n) is 3.45. The molecule has 0 spiro atoms. The molecule has 0 radical (unpaired) electrons. The summed E-state index contributed by atoms with van der Waals surface area (Å²) < 4.78 is 6.27. The van der Waals surface area contributed by atoms with Crippen molar-refractivity contribution in [3.8, 4) is 0 Å². The monoisotopic (exact) mass is 295 g/mol. The van der Waals surface area contributed by atoms with E-state index in [1.54, 1.807) is 0 Å². The topological polar surface area (TPSA) is 21.3 Å². The van der Waals surface area contributed by atoms with E-state index in [0.717, 1.165) is 31.0 Å². The smallest absolute Gasteiger partial charge is 0.0876 e. The number of rotatable bonds is 6. The zero-order chi connectivity index (χ0) is 14.4. The van der Waals surface area contributed by atoms with Crippen LogP contribution in [0.15, 0.2) is 24.3 Å². The third-order valence-corrected chi connectivity index (χ3v) is 4.63. The van der Waals surface area contributed by atoms with Crippen molar-refractivity contribution >= 4 is 11.6 Å². The maximum atomic E-state index is 6.44. The van der Waals surface area contributed by atoms with Crippen molar-refractivity contribution in [3.63, 3.8) is 0 Å². The van der Waals surface area contributed by atoms with Gasteiger partial charge in [-0.3, -0.25) is 0 Å². The first-order valence-electron chi connectivity index (χ1n) is 7.85. The van der Waals surface area contributed by atoms with Gasteiger partial charge in [0.25, 0.3) is 0 Å². The summed E-state index contributed by atoms with van der Waals surface area (Å²) in [6.07, 6.45) is 6.03. The number of hydrogen-bond donors (Lipinski definition) is 1. The Kier molecular flexibility index (Phi) is 5.88. The van der Waals surface area contributed by atoms with Crippen LogP contribution >= 0.6 is 11.6 Å². The molecule has 112 valence electrons. The number of nitrogens with one attached hydrogen (secondary N) is 1. The summed E-state index contributed by atoms with van der Waals surface area (Å²) in [6, 6.07) is 8.34. The van der Waals surface area contributed by atoms with Crippen LogP contribution in [0, 0.1) is 0 Å². The van der Waals surface area contributed by atoms with Crippen LogP contribution in [0.25, 0.3) is 0 Å². The van der Waals surface area contributed by atoms with Gasteiger partial charge in [0.15, 0.2) is 0 Å². The highest BCUT2D eigenvalue weighted by molar-refractivity contribution is 6.31. The molecule has 0 saturated heterocycles. The summed E-state index contributed by atoms with van der Waals surface area (Å²) >= 11 is 6.44. The van der Waals surface area contributed by atoms with E-state index in [2.05, 4.69) is 31.3 Å². The van der Waals surface area contributed by atoms with Crippen LogP contribution in [-0.4, -0.2) is 18.8 Å². The zero-order valence-electron chi connectivity index (χ0n) is 12.6. The van der Waals surface area contributed by atoms with E-state index < -0.39 is 0 Å². The number of halogens is 1. The Morgan fingerprint density at radius 2 is 1.90 bits per heavy atom. The molecule has 1 aliphatic rings. The van der Waals surface area contributed by atoms with E-state index in [9.17, 15) is 0 Å². The Balaban J connectivity index is 2.36. The summed E-state index contributed by atoms with van der Waals surface area (Å²) in [5, 5.41) is 4.46. The van der Waals surface area contributed by atoms with Gasteiger partial charge in [0.1, 0.15) is 0 Å². The van der Waals surface area contributed by atoms with Gasteiger partial charge in [-0.25, -0.2) is 0 Å². The fraction of sp³-hybridized carbons (Fsp3) is 0.647. The highest BCUT2D eigenvalue weighted by atomic mass is 35.5. The van der Waals surface area contributed by atoms with E-state index in [1.165, 1.54) is 24.8 Å². The van der Waals surface area contributed by atoms with Crippen LogP contribution in [0.1, 0.15) is 57.6 Å². The first kappa shape index (κ1) is 15.8. The molecule has 0 amide bonds. The second-order valence-corrected chi connectivity index (χ2v) is 5.98. The molecule has 1 aromatic rings. The second kappa shape index (κ2) is 7.44. The van der Waals surface area contributed by atoms with Gasteiger partial charge in [-0.2, -0.15) is 0 Å². The molecule has 0 bridgehead atoms. The molecule has 1 saturated carbocycles. The lowest BCUT2D eigenvalue weighted by molar-refractivity contribution is -0.0909. The van der Waals surface area contributed by atoms with Crippen molar-refractivity contribution in [2.45, 2.75) is 57.6 Å². The molecule has 0 heterocycles. The molecule has 1 aliphatic carbocycles. The number of hydrogen-bond acceptors (Lipinski definition) is 2. The Morgan fingerprint density at radius 3 is 2.50 bits per heavy atom. The standard InChI is InChI=1S/C17H26ClNO/c1-3-19-16(14-10-6-7-11-15(14)18)17(20-4-2)12-8-5-9-13-17/h6-7,10-11,16,19H,3-5,8-9,12-13H2,1-2H3. The lowest BCUT2D eigenvalue weighted by Gasteiger charge is -2.44. The normalized spacial score (nSPS) is 19.8. The number of benzene rings is 1. The predicted octanol–water partition coefficient (Wildman–Crippen LogP) is 4.73. The number of likely N-dealkylation sites (N-methyl/N-ethyl adjacent to an activating group) is 1. The largest absolute Gasteiger partial charge is 0.373 e. The maximum absolute atomic E-state index is 6.44. The first-order valence-corrected chi connectivity index (χ1v) is 8.23. The second-order valence-electron chi connectivity index (χ2n) is 5.57. The minimum atomic E-state index is -0.103. The third-order valence-electron chi connectivity index (χ3n) is 4.28. The summed E-state index contributed by atoms with van der Waals surface area (Å²) in [7, 11) is 0. The summed E-state index contributed by atoms with van der Waals surface area (Å²) in [6.45, 7) is 5.91. The van der Waals surface area contributed by atoms with Crippen LogP contribution < -0.4 is 5.32 Å². The van der Waals surface area contributed by atoms with Crippen LogP contribution in [0.2, 0.25) is 5.02 Å². The quantitative estimate of drug-likeness (QED) is 0.819. The maximum Gasteiger partial charge on any atom is 0.0876 e. The van der Waals surface area contributed by atoms with Crippen molar-refractivity contribution in [1.29, 1.82) is 0 Å². The molecule has 1 unspecified atom stereocenters. The van der Waals surface area contributed by atoms with Gasteiger partial charge in [-0.1, -0.05) is 56.0 Å². The van der Waals surface area contributed by atoms with Gasteiger partial charge < -0.3 is 10.1 Å². The molecular formula is C17H26ClNO. The van der Waals surface area contributed by atoms with Gasteiger partial charge in [0, 0.05) is 11.6 Å². The molecule has 3 heteroatoms. The molecule has 2 nitrogen and oxygen atoms in total. The van der Waals surface area contributed by atoms with Crippen LogP contribution in [0.3, 0.4) is 0 Å². The molecule has 20 heavy (non-hydrogen) atoms. The molecule has 1 atom stereocenters. The van der Waals surface area contributed by atoms with E-state index in [4.69, 9.17) is 16.3 Å². The minimum Gasteiger partial charge on any atom is -0.373 e. The van der Waals surface area contributed by atoms with Crippen molar-refractivity contribution in [2.24, 2.45) is 0 Å². The average Bonchev–Trinajstić information content (AvgIpc) is 2.47. The van der Waals surface area contributed by atoms with E-state index in [1.807, 2.05) is 12.1 Å². The molecule has 1 N–H and O–H groups in total. The van der Waals surface area contributed by atoms with E-state index in [0.29, 0.717) is 0 Å². The van der Waals surface area contributed by atoms with Gasteiger partial charge in [0.2, 0.25) is 0 Å². The van der Waals surface area contributed by atoms with Crippen molar-refractivity contribution in [3.05, 3.63) is 34.9 Å². The Bertz CT molecular complexity index is 410. The highest BCUT2D eigenvalue weighted by Crippen LogP contribution is 2.43. The lowest BCUT2D eigenvalue weighted by Crippen LogP contribution is -2.47. The van der Waals surface area contributed by atoms with Crippen LogP contribution in [0.5, 0.6) is 0 Å². The zero-order valence-corrected chi connectivity index (χ0v) is 13.4. The Labute approximate surface area is 127 Å². The summed E-state index contributed by atoms with van der Waals surface area (Å²) in [5.41, 5.74) is 1.07. The Hall–Kier alpha value is -0.570. The van der Waals surface area contributed by atoms with E-state index >= 15 is 0 Å². The summed E-state index contributed by atoms with van der Waals surface area (Å²) in [4.78, 5) is 0. The SMILES string of the molecule is CCNC(c1ccccc1Cl)C1(OCC)CCCCC1. The minimum absolute atomic E-state index is 0.103. The average molecular weight is 296 g/mol. The van der Waals surface area contributed by atoms with Gasteiger partial charge in [-0.05, 0) is 37.9 Å². The van der Waals surface area contributed by atoms with Crippen LogP contribution in [0.4, 0.5) is 0 Å². The van der Waals surface area contributed by atoms with Gasteiger partial charge in [-0.15, -0.1) is 0 Å². The molecular weight excluding hydrogens is 270 g/mol. The third kappa shape index (κ3) is 3.36. The number of ether oxygens (including phenoxy) is 1. The molecule has 0 aromatic heterocycles. The molecule has 1 aromatic carbocycles. The predicted molar refractivity (Wildman–Crippen MR) is 85.3 cm³/mol. The van der Waals surface area contributed by atoms with Crippen molar-refractivity contribution < 1.29 is 4.74 Å². The molecule has 0 aliphatic heterocycles. The lowest BCUT2D eigenvalue weighted by atomic mass is 9.76. The van der Waals surface area contributed by atoms with Crippen molar-refractivity contribution in [2.75, 3.05) is 13.2 Å².